The van der Waals surface area contributed by atoms with E-state index >= 15 is 0 Å². The highest BCUT2D eigenvalue weighted by Gasteiger charge is 2.37. The van der Waals surface area contributed by atoms with E-state index in [1.807, 2.05) is 0 Å². The fourth-order valence-corrected chi connectivity index (χ4v) is 3.54. The fourth-order valence-electron chi connectivity index (χ4n) is 3.54. The number of carbonyl (C=O) groups is 2. The molecule has 0 bridgehead atoms. The Morgan fingerprint density at radius 1 is 1.09 bits per heavy atom. The van der Waals surface area contributed by atoms with Crippen LogP contribution >= 0.6 is 0 Å². The van der Waals surface area contributed by atoms with Crippen LogP contribution in [-0.4, -0.2) is 42.8 Å². The summed E-state index contributed by atoms with van der Waals surface area (Å²) in [5.74, 6) is -4.16. The molecule has 0 amide bonds. The number of benzene rings is 2. The lowest BCUT2D eigenvalue weighted by Crippen LogP contribution is -2.28. The van der Waals surface area contributed by atoms with Gasteiger partial charge in [-0.2, -0.15) is 0 Å². The number of nitro groups is 1. The van der Waals surface area contributed by atoms with Crippen molar-refractivity contribution in [3.8, 4) is 11.5 Å². The lowest BCUT2D eigenvalue weighted by molar-refractivity contribution is -0.386. The lowest BCUT2D eigenvalue weighted by atomic mass is 9.82. The van der Waals surface area contributed by atoms with Gasteiger partial charge in [0.1, 0.15) is 5.82 Å². The van der Waals surface area contributed by atoms with Gasteiger partial charge in [0.25, 0.3) is 0 Å². The van der Waals surface area contributed by atoms with Gasteiger partial charge < -0.3 is 24.2 Å². The second-order valence-corrected chi connectivity index (χ2v) is 7.05. The van der Waals surface area contributed by atoms with Gasteiger partial charge >= 0.3 is 17.6 Å². The van der Waals surface area contributed by atoms with E-state index in [4.69, 9.17) is 14.2 Å². The topological polar surface area (TPSA) is 128 Å². The summed E-state index contributed by atoms with van der Waals surface area (Å²) in [6, 6.07) is 7.63. The summed E-state index contributed by atoms with van der Waals surface area (Å²) in [4.78, 5) is 37.7. The van der Waals surface area contributed by atoms with Gasteiger partial charge in [-0.15, -0.1) is 0 Å². The normalized spacial score (nSPS) is 13.6. The minimum Gasteiger partial charge on any atom is -0.500 e. The Morgan fingerprint density at radius 2 is 1.65 bits per heavy atom. The molecule has 2 aromatic carbocycles. The van der Waals surface area contributed by atoms with Crippen LogP contribution in [0.15, 0.2) is 59.9 Å². The Balaban J connectivity index is 2.27. The molecule has 0 spiro atoms. The van der Waals surface area contributed by atoms with Gasteiger partial charge in [0, 0.05) is 24.2 Å². The molecule has 0 saturated carbocycles. The van der Waals surface area contributed by atoms with Crippen molar-refractivity contribution >= 4 is 23.3 Å². The first kappa shape index (κ1) is 24.2. The van der Waals surface area contributed by atoms with Crippen LogP contribution < -0.4 is 9.64 Å². The predicted octanol–water partition coefficient (Wildman–Crippen LogP) is 3.56. The zero-order valence-electron chi connectivity index (χ0n) is 18.5. The monoisotopic (exact) mass is 472 g/mol. The van der Waals surface area contributed by atoms with Crippen molar-refractivity contribution in [1.82, 2.24) is 0 Å². The van der Waals surface area contributed by atoms with E-state index in [-0.39, 0.29) is 29.1 Å². The van der Waals surface area contributed by atoms with E-state index < -0.39 is 40.0 Å². The van der Waals surface area contributed by atoms with E-state index in [0.717, 1.165) is 20.3 Å². The number of hydrogen-bond donors (Lipinski definition) is 1. The maximum atomic E-state index is 13.4. The highest BCUT2D eigenvalue weighted by atomic mass is 19.1. The second-order valence-electron chi connectivity index (χ2n) is 7.05. The van der Waals surface area contributed by atoms with E-state index in [1.54, 1.807) is 6.92 Å². The van der Waals surface area contributed by atoms with Crippen LogP contribution in [0.5, 0.6) is 11.5 Å². The Labute approximate surface area is 193 Å². The number of nitro benzene ring substituents is 1. The van der Waals surface area contributed by atoms with E-state index in [1.165, 1.54) is 47.6 Å². The molecule has 178 valence electrons. The van der Waals surface area contributed by atoms with E-state index in [2.05, 4.69) is 0 Å². The summed E-state index contributed by atoms with van der Waals surface area (Å²) < 4.78 is 28.5. The summed E-state index contributed by atoms with van der Waals surface area (Å²) in [5.41, 5.74) is -0.251. The van der Waals surface area contributed by atoms with Crippen molar-refractivity contribution in [3.05, 3.63) is 81.4 Å². The standard InChI is InChI=1S/C23H21FN2O8/c1-4-34-19-10-13(9-18(21(19)27)26(30)31)20-16(22(28)32-2)11-25(12-17(20)23(29)33-3)15-7-5-14(24)6-8-15/h5-12,20,27H,4H2,1-3H3. The quantitative estimate of drug-likeness (QED) is 0.365. The summed E-state index contributed by atoms with van der Waals surface area (Å²) in [7, 11) is 2.28. The van der Waals surface area contributed by atoms with Gasteiger partial charge in [0.05, 0.1) is 42.8 Å². The zero-order chi connectivity index (χ0) is 25.0. The Kier molecular flexibility index (Phi) is 7.15. The van der Waals surface area contributed by atoms with Crippen molar-refractivity contribution < 1.29 is 38.2 Å². The SMILES string of the molecule is CCOc1cc(C2C(C(=O)OC)=CN(c3ccc(F)cc3)C=C2C(=O)OC)cc([N+](=O)[O-])c1O. The van der Waals surface area contributed by atoms with Gasteiger partial charge in [-0.3, -0.25) is 10.1 Å². The average molecular weight is 472 g/mol. The molecule has 0 unspecified atom stereocenters. The van der Waals surface area contributed by atoms with Crippen LogP contribution in [0.2, 0.25) is 0 Å². The predicted molar refractivity (Wildman–Crippen MR) is 118 cm³/mol. The molecule has 0 aromatic heterocycles. The number of nitrogens with zero attached hydrogens (tertiary/aromatic N) is 2. The van der Waals surface area contributed by atoms with Crippen molar-refractivity contribution in [2.45, 2.75) is 12.8 Å². The minimum atomic E-state index is -1.16. The van der Waals surface area contributed by atoms with E-state index in [0.29, 0.717) is 5.69 Å². The van der Waals surface area contributed by atoms with Gasteiger partial charge in [0.15, 0.2) is 5.75 Å². The summed E-state index contributed by atoms with van der Waals surface area (Å²) in [6.45, 7) is 1.72. The van der Waals surface area contributed by atoms with Crippen LogP contribution in [-0.2, 0) is 19.1 Å². The minimum absolute atomic E-state index is 0.0582. The highest BCUT2D eigenvalue weighted by Crippen LogP contribution is 2.44. The number of hydrogen-bond acceptors (Lipinski definition) is 9. The third kappa shape index (κ3) is 4.68. The van der Waals surface area contributed by atoms with Gasteiger partial charge in [-0.25, -0.2) is 14.0 Å². The molecule has 0 saturated heterocycles. The molecule has 11 heteroatoms. The van der Waals surface area contributed by atoms with Crippen LogP contribution in [0.25, 0.3) is 0 Å². The van der Waals surface area contributed by atoms with E-state index in [9.17, 15) is 29.2 Å². The third-order valence-corrected chi connectivity index (χ3v) is 5.05. The zero-order valence-corrected chi connectivity index (χ0v) is 18.5. The molecule has 1 aliphatic heterocycles. The largest absolute Gasteiger partial charge is 0.500 e. The second kappa shape index (κ2) is 10.0. The number of aromatic hydroxyl groups is 1. The first-order chi connectivity index (χ1) is 16.2. The smallest absolute Gasteiger partial charge is 0.336 e. The van der Waals surface area contributed by atoms with Crippen molar-refractivity contribution in [2.75, 3.05) is 25.7 Å². The maximum absolute atomic E-state index is 13.4. The Morgan fingerprint density at radius 3 is 2.12 bits per heavy atom. The summed E-state index contributed by atoms with van der Waals surface area (Å²) in [5, 5.41) is 21.8. The molecular weight excluding hydrogens is 451 g/mol. The van der Waals surface area contributed by atoms with Gasteiger partial charge in [-0.1, -0.05) is 0 Å². The number of ether oxygens (including phenoxy) is 3. The van der Waals surface area contributed by atoms with Crippen molar-refractivity contribution in [2.24, 2.45) is 0 Å². The molecular formula is C23H21FN2O8. The van der Waals surface area contributed by atoms with Crippen molar-refractivity contribution in [3.63, 3.8) is 0 Å². The molecule has 34 heavy (non-hydrogen) atoms. The molecule has 1 heterocycles. The number of carbonyl (C=O) groups excluding carboxylic acids is 2. The third-order valence-electron chi connectivity index (χ3n) is 5.05. The van der Waals surface area contributed by atoms with Gasteiger partial charge in [0.2, 0.25) is 5.75 Å². The summed E-state index contributed by atoms with van der Waals surface area (Å²) in [6.07, 6.45) is 2.74. The average Bonchev–Trinajstić information content (AvgIpc) is 2.83. The molecule has 0 aliphatic carbocycles. The Bertz CT molecular complexity index is 1160. The van der Waals surface area contributed by atoms with Crippen LogP contribution in [0, 0.1) is 15.9 Å². The number of anilines is 1. The van der Waals surface area contributed by atoms with Crippen LogP contribution in [0.4, 0.5) is 15.8 Å². The molecule has 2 aromatic rings. The molecule has 3 rings (SSSR count). The lowest BCUT2D eigenvalue weighted by Gasteiger charge is -2.30. The summed E-state index contributed by atoms with van der Waals surface area (Å²) >= 11 is 0. The highest BCUT2D eigenvalue weighted by molar-refractivity contribution is 6.00. The van der Waals surface area contributed by atoms with Crippen LogP contribution in [0.3, 0.4) is 0 Å². The number of halogens is 1. The first-order valence-electron chi connectivity index (χ1n) is 9.99. The van der Waals surface area contributed by atoms with Crippen LogP contribution in [0.1, 0.15) is 18.4 Å². The molecule has 0 radical (unpaired) electrons. The molecule has 0 fully saturated rings. The molecule has 10 nitrogen and oxygen atoms in total. The molecule has 1 aliphatic rings. The number of phenols is 1. The number of phenolic OH excluding ortho intramolecular Hbond substituents is 1. The van der Waals surface area contributed by atoms with Crippen molar-refractivity contribution in [1.29, 1.82) is 0 Å². The molecule has 0 atom stereocenters. The van der Waals surface area contributed by atoms with Gasteiger partial charge in [-0.05, 0) is 42.8 Å². The number of esters is 2. The number of rotatable bonds is 7. The molecule has 1 N–H and O–H groups in total. The Hall–Kier alpha value is -4.41. The fraction of sp³-hybridized carbons (Fsp3) is 0.217. The maximum Gasteiger partial charge on any atom is 0.336 e. The number of methoxy groups -OCH3 is 2. The first-order valence-corrected chi connectivity index (χ1v) is 9.99.